The number of nitrogens with zero attached hydrogens (tertiary/aromatic N) is 2. The van der Waals surface area contributed by atoms with Crippen LogP contribution in [-0.2, 0) is 0 Å². The number of aromatic amines is 1. The molecule has 1 heterocycles. The van der Waals surface area contributed by atoms with Gasteiger partial charge in [-0.1, -0.05) is 13.3 Å². The van der Waals surface area contributed by atoms with Gasteiger partial charge in [0.2, 0.25) is 0 Å². The van der Waals surface area contributed by atoms with Crippen LogP contribution < -0.4 is 5.32 Å². The molecular formula is C8H16N4. The summed E-state index contributed by atoms with van der Waals surface area (Å²) in [5, 5.41) is 9.99. The van der Waals surface area contributed by atoms with Crippen LogP contribution in [0.15, 0.2) is 6.33 Å². The highest BCUT2D eigenvalue weighted by Crippen LogP contribution is 2.03. The number of H-pyrrole nitrogens is 1. The zero-order valence-electron chi connectivity index (χ0n) is 7.67. The highest BCUT2D eigenvalue weighted by molar-refractivity contribution is 4.87. The summed E-state index contributed by atoms with van der Waals surface area (Å²) in [6.07, 6.45) is 3.96. The fourth-order valence-corrected chi connectivity index (χ4v) is 1.02. The first-order chi connectivity index (χ1) is 5.84. The molecule has 0 fully saturated rings. The van der Waals surface area contributed by atoms with Gasteiger partial charge in [-0.05, 0) is 19.9 Å². The van der Waals surface area contributed by atoms with Gasteiger partial charge in [0, 0.05) is 0 Å². The Balaban J connectivity index is 2.25. The number of aromatic nitrogens is 3. The first-order valence-corrected chi connectivity index (χ1v) is 4.43. The molecule has 0 bridgehead atoms. The van der Waals surface area contributed by atoms with E-state index in [2.05, 4.69) is 34.3 Å². The first kappa shape index (κ1) is 9.19. The van der Waals surface area contributed by atoms with Crippen LogP contribution in [0, 0.1) is 0 Å². The van der Waals surface area contributed by atoms with E-state index in [-0.39, 0.29) is 6.04 Å². The lowest BCUT2D eigenvalue weighted by molar-refractivity contribution is 0.533. The molecule has 0 saturated carbocycles. The van der Waals surface area contributed by atoms with Gasteiger partial charge in [0.15, 0.2) is 0 Å². The lowest BCUT2D eigenvalue weighted by Gasteiger charge is -2.09. The summed E-state index contributed by atoms with van der Waals surface area (Å²) in [6, 6.07) is 0.277. The summed E-state index contributed by atoms with van der Waals surface area (Å²) >= 11 is 0. The van der Waals surface area contributed by atoms with Crippen LogP contribution >= 0.6 is 0 Å². The smallest absolute Gasteiger partial charge is 0.141 e. The average molecular weight is 168 g/mol. The topological polar surface area (TPSA) is 53.6 Å². The Kier molecular flexibility index (Phi) is 3.73. The van der Waals surface area contributed by atoms with Gasteiger partial charge in [0.05, 0.1) is 6.04 Å². The molecule has 0 spiro atoms. The van der Waals surface area contributed by atoms with Crippen molar-refractivity contribution >= 4 is 0 Å². The molecule has 1 aromatic rings. The van der Waals surface area contributed by atoms with Gasteiger partial charge in [-0.3, -0.25) is 5.10 Å². The van der Waals surface area contributed by atoms with Crippen molar-refractivity contribution < 1.29 is 0 Å². The summed E-state index contributed by atoms with van der Waals surface area (Å²) in [6.45, 7) is 5.30. The summed E-state index contributed by atoms with van der Waals surface area (Å²) in [5.41, 5.74) is 0. The number of hydrogen-bond donors (Lipinski definition) is 2. The predicted molar refractivity (Wildman–Crippen MR) is 47.7 cm³/mol. The van der Waals surface area contributed by atoms with E-state index in [1.165, 1.54) is 19.2 Å². The average Bonchev–Trinajstić information content (AvgIpc) is 2.56. The van der Waals surface area contributed by atoms with E-state index in [1.54, 1.807) is 0 Å². The third-order valence-electron chi connectivity index (χ3n) is 1.82. The molecule has 0 radical (unpaired) electrons. The number of hydrogen-bond acceptors (Lipinski definition) is 3. The van der Waals surface area contributed by atoms with Crippen molar-refractivity contribution in [3.63, 3.8) is 0 Å². The maximum Gasteiger partial charge on any atom is 0.141 e. The lowest BCUT2D eigenvalue weighted by atomic mass is 10.3. The number of rotatable bonds is 5. The summed E-state index contributed by atoms with van der Waals surface area (Å²) < 4.78 is 0. The molecule has 4 nitrogen and oxygen atoms in total. The Morgan fingerprint density at radius 3 is 3.08 bits per heavy atom. The first-order valence-electron chi connectivity index (χ1n) is 4.43. The lowest BCUT2D eigenvalue weighted by Crippen LogP contribution is -2.20. The molecule has 1 aromatic heterocycles. The molecule has 0 aliphatic heterocycles. The molecule has 4 heteroatoms. The molecule has 1 rings (SSSR count). The van der Waals surface area contributed by atoms with E-state index in [1.807, 2.05) is 0 Å². The van der Waals surface area contributed by atoms with Gasteiger partial charge in [-0.25, -0.2) is 4.98 Å². The molecular weight excluding hydrogens is 152 g/mol. The van der Waals surface area contributed by atoms with Crippen molar-refractivity contribution in [3.8, 4) is 0 Å². The fraction of sp³-hybridized carbons (Fsp3) is 0.750. The SMILES string of the molecule is CCCCNC(C)c1ncn[nH]1. The maximum absolute atomic E-state index is 4.07. The van der Waals surface area contributed by atoms with Crippen LogP contribution in [0.2, 0.25) is 0 Å². The minimum atomic E-state index is 0.277. The molecule has 0 aliphatic carbocycles. The number of unbranched alkanes of at least 4 members (excludes halogenated alkanes) is 1. The van der Waals surface area contributed by atoms with E-state index in [9.17, 15) is 0 Å². The third-order valence-corrected chi connectivity index (χ3v) is 1.82. The van der Waals surface area contributed by atoms with Crippen molar-refractivity contribution in [3.05, 3.63) is 12.2 Å². The van der Waals surface area contributed by atoms with Crippen LogP contribution in [-0.4, -0.2) is 21.7 Å². The predicted octanol–water partition coefficient (Wildman–Crippen LogP) is 1.26. The molecule has 0 aromatic carbocycles. The van der Waals surface area contributed by atoms with Gasteiger partial charge >= 0.3 is 0 Å². The second-order valence-electron chi connectivity index (χ2n) is 2.90. The normalized spacial score (nSPS) is 13.2. The third kappa shape index (κ3) is 2.62. The zero-order chi connectivity index (χ0) is 8.81. The van der Waals surface area contributed by atoms with Crippen LogP contribution in [0.5, 0.6) is 0 Å². The Hall–Kier alpha value is -0.900. The van der Waals surface area contributed by atoms with Gasteiger partial charge in [-0.2, -0.15) is 5.10 Å². The standard InChI is InChI=1S/C8H16N4/c1-3-4-5-9-7(2)8-10-6-11-12-8/h6-7,9H,3-5H2,1-2H3,(H,10,11,12). The van der Waals surface area contributed by atoms with E-state index in [0.29, 0.717) is 0 Å². The number of nitrogens with one attached hydrogen (secondary N) is 2. The highest BCUT2D eigenvalue weighted by Gasteiger charge is 2.05. The summed E-state index contributed by atoms with van der Waals surface area (Å²) in [4.78, 5) is 4.07. The molecule has 1 atom stereocenters. The molecule has 2 N–H and O–H groups in total. The van der Waals surface area contributed by atoms with Gasteiger partial charge < -0.3 is 5.32 Å². The molecule has 0 aliphatic rings. The van der Waals surface area contributed by atoms with Crippen molar-refractivity contribution in [2.24, 2.45) is 0 Å². The van der Waals surface area contributed by atoms with Crippen LogP contribution in [0.3, 0.4) is 0 Å². The molecule has 12 heavy (non-hydrogen) atoms. The largest absolute Gasteiger partial charge is 0.308 e. The quantitative estimate of drug-likeness (QED) is 0.651. The molecule has 0 saturated heterocycles. The highest BCUT2D eigenvalue weighted by atomic mass is 15.2. The second kappa shape index (κ2) is 4.87. The van der Waals surface area contributed by atoms with E-state index in [0.717, 1.165) is 12.4 Å². The Labute approximate surface area is 72.8 Å². The van der Waals surface area contributed by atoms with E-state index in [4.69, 9.17) is 0 Å². The molecule has 1 unspecified atom stereocenters. The van der Waals surface area contributed by atoms with Gasteiger partial charge in [0.1, 0.15) is 12.2 Å². The minimum Gasteiger partial charge on any atom is -0.308 e. The van der Waals surface area contributed by atoms with Gasteiger partial charge in [0.25, 0.3) is 0 Å². The van der Waals surface area contributed by atoms with Crippen LogP contribution in [0.25, 0.3) is 0 Å². The van der Waals surface area contributed by atoms with Gasteiger partial charge in [-0.15, -0.1) is 0 Å². The minimum absolute atomic E-state index is 0.277. The van der Waals surface area contributed by atoms with Crippen molar-refractivity contribution in [1.29, 1.82) is 0 Å². The Morgan fingerprint density at radius 2 is 2.50 bits per heavy atom. The Bertz CT molecular complexity index is 195. The monoisotopic (exact) mass is 168 g/mol. The van der Waals surface area contributed by atoms with Crippen molar-refractivity contribution in [2.45, 2.75) is 32.7 Å². The molecule has 0 amide bonds. The summed E-state index contributed by atoms with van der Waals surface area (Å²) in [7, 11) is 0. The molecule has 68 valence electrons. The fourth-order valence-electron chi connectivity index (χ4n) is 1.02. The van der Waals surface area contributed by atoms with Crippen molar-refractivity contribution in [1.82, 2.24) is 20.5 Å². The van der Waals surface area contributed by atoms with Crippen LogP contribution in [0.4, 0.5) is 0 Å². The van der Waals surface area contributed by atoms with E-state index < -0.39 is 0 Å². The maximum atomic E-state index is 4.07. The second-order valence-corrected chi connectivity index (χ2v) is 2.90. The Morgan fingerprint density at radius 1 is 1.67 bits per heavy atom. The summed E-state index contributed by atoms with van der Waals surface area (Å²) in [5.74, 6) is 0.908. The van der Waals surface area contributed by atoms with Crippen LogP contribution in [0.1, 0.15) is 38.6 Å². The van der Waals surface area contributed by atoms with E-state index >= 15 is 0 Å². The zero-order valence-corrected chi connectivity index (χ0v) is 7.67. The van der Waals surface area contributed by atoms with Crippen molar-refractivity contribution in [2.75, 3.05) is 6.54 Å².